The summed E-state index contributed by atoms with van der Waals surface area (Å²) < 4.78 is 9.47. The Hall–Kier alpha value is -11.7. The fourth-order valence-electron chi connectivity index (χ4n) is 18.5. The van der Waals surface area contributed by atoms with E-state index in [0.717, 1.165) is 55.0 Å². The average molecular weight is 1620 g/mol. The molecule has 14 N–H and O–H groups in total. The highest BCUT2D eigenvalue weighted by Gasteiger charge is 2.43. The number of hydrogen-bond donors (Lipinski definition) is 14. The summed E-state index contributed by atoms with van der Waals surface area (Å²) in [6.07, 6.45) is 4.97. The maximum atomic E-state index is 16.2. The lowest BCUT2D eigenvalue weighted by Gasteiger charge is -2.36. The van der Waals surface area contributed by atoms with E-state index >= 15 is 33.6 Å². The Kier molecular flexibility index (Phi) is 25.7. The molecule has 1 aliphatic carbocycles. The highest BCUT2D eigenvalue weighted by atomic mass is 16.5. The van der Waals surface area contributed by atoms with Crippen LogP contribution in [-0.2, 0) is 0 Å². The molecule has 11 atom stereocenters. The third-order valence-electron chi connectivity index (χ3n) is 25.1. The normalized spacial score (nSPS) is 25.1. The lowest BCUT2D eigenvalue weighted by molar-refractivity contribution is -0.523. The highest BCUT2D eigenvalue weighted by molar-refractivity contribution is 6.09. The van der Waals surface area contributed by atoms with Crippen molar-refractivity contribution in [2.75, 3.05) is 96.5 Å². The first kappa shape index (κ1) is 82.4. The summed E-state index contributed by atoms with van der Waals surface area (Å²) in [4.78, 5) is 169. The van der Waals surface area contributed by atoms with Crippen molar-refractivity contribution in [3.05, 3.63) is 205 Å². The number of fused-ring (bicyclic) bond motifs is 14. The Balaban J connectivity index is 0.804. The number of benzene rings is 6. The second-order valence-electron chi connectivity index (χ2n) is 32.4. The van der Waals surface area contributed by atoms with Crippen LogP contribution < -0.4 is 84.1 Å². The predicted molar refractivity (Wildman–Crippen MR) is 450 cm³/mol. The smallest absolute Gasteiger partial charge is 0.254 e. The second-order valence-corrected chi connectivity index (χ2v) is 32.4. The number of nitrogens with one attached hydrogen (secondary N) is 14. The molecule has 6 aromatic carbocycles. The molecule has 15 rings (SSSR count). The van der Waals surface area contributed by atoms with E-state index in [-0.39, 0.29) is 74.8 Å². The third-order valence-corrected chi connectivity index (χ3v) is 25.1. The molecule has 1 unspecified atom stereocenters. The van der Waals surface area contributed by atoms with Crippen LogP contribution in [0.4, 0.5) is 5.69 Å². The molecule has 6 aromatic rings. The Morgan fingerprint density at radius 2 is 0.765 bits per heavy atom. The van der Waals surface area contributed by atoms with Gasteiger partial charge in [0.15, 0.2) is 5.71 Å². The topological polar surface area (TPSA) is 375 Å². The van der Waals surface area contributed by atoms with Gasteiger partial charge < -0.3 is 89.0 Å². The van der Waals surface area contributed by atoms with Crippen molar-refractivity contribution in [1.29, 1.82) is 0 Å². The van der Waals surface area contributed by atoms with Crippen LogP contribution in [0.15, 0.2) is 133 Å². The first-order valence-electron chi connectivity index (χ1n) is 42.5. The zero-order valence-corrected chi connectivity index (χ0v) is 67.9. The number of nitrogens with zero attached hydrogens (tertiary/aromatic N) is 3. The molecule has 0 aromatic heterocycles. The van der Waals surface area contributed by atoms with E-state index < -0.39 is 125 Å². The Labute approximate surface area is 692 Å². The molecule has 624 valence electrons. The summed E-state index contributed by atoms with van der Waals surface area (Å²) in [7, 11) is 0. The monoisotopic (exact) mass is 1620 g/mol. The number of likely N-dealkylation sites (tertiary alicyclic amines) is 1. The molecule has 11 amide bonds. The van der Waals surface area contributed by atoms with Gasteiger partial charge in [0.1, 0.15) is 24.9 Å². The number of hydrogen-bond acceptors (Lipinski definition) is 17. The number of ether oxygens (including phenoxy) is 1. The van der Waals surface area contributed by atoms with Gasteiger partial charge in [-0.3, -0.25) is 52.7 Å². The number of carbonyl (C=O) groups is 11. The van der Waals surface area contributed by atoms with E-state index in [1.54, 1.807) is 53.4 Å². The fraction of sp³-hybridized carbons (Fsp3) is 0.444. The summed E-state index contributed by atoms with van der Waals surface area (Å²) in [5.74, 6) is -5.65. The summed E-state index contributed by atoms with van der Waals surface area (Å²) in [6, 6.07) is 27.5. The Bertz CT molecular complexity index is 4620. The summed E-state index contributed by atoms with van der Waals surface area (Å²) in [5, 5.41) is 44.7. The zero-order valence-electron chi connectivity index (χ0n) is 67.9. The molecular weight excluding hydrogens is 1510 g/mol. The van der Waals surface area contributed by atoms with Gasteiger partial charge in [-0.15, -0.1) is 0 Å². The van der Waals surface area contributed by atoms with Crippen LogP contribution in [-0.4, -0.2) is 238 Å². The molecule has 9 aliphatic rings. The number of amides is 11. The van der Waals surface area contributed by atoms with Gasteiger partial charge in [0.25, 0.3) is 65.0 Å². The molecule has 119 heavy (non-hydrogen) atoms. The van der Waals surface area contributed by atoms with E-state index in [4.69, 9.17) is 4.74 Å². The molecular formula is C90H108N17O12+. The van der Waals surface area contributed by atoms with Crippen molar-refractivity contribution < 1.29 is 62.1 Å². The Morgan fingerprint density at radius 1 is 0.412 bits per heavy atom. The second kappa shape index (κ2) is 37.1. The van der Waals surface area contributed by atoms with E-state index in [1.165, 1.54) is 54.2 Å². The van der Waals surface area contributed by atoms with Crippen molar-refractivity contribution in [1.82, 2.24) is 79.3 Å². The number of anilines is 1. The molecule has 1 saturated carbocycles. The van der Waals surface area contributed by atoms with E-state index in [0.29, 0.717) is 133 Å². The molecule has 29 heteroatoms. The molecule has 0 radical (unpaired) electrons. The van der Waals surface area contributed by atoms with Crippen LogP contribution in [0, 0.1) is 0 Å². The van der Waals surface area contributed by atoms with Crippen LogP contribution in [0.2, 0.25) is 0 Å². The highest BCUT2D eigenvalue weighted by Crippen LogP contribution is 2.47. The number of rotatable bonds is 11. The van der Waals surface area contributed by atoms with Crippen molar-refractivity contribution in [3.8, 4) is 5.75 Å². The molecule has 0 spiro atoms. The first-order valence-corrected chi connectivity index (χ1v) is 42.5. The van der Waals surface area contributed by atoms with E-state index in [9.17, 15) is 19.2 Å². The lowest BCUT2D eigenvalue weighted by atomic mass is 9.79. The van der Waals surface area contributed by atoms with Gasteiger partial charge >= 0.3 is 0 Å². The molecule has 5 saturated heterocycles. The van der Waals surface area contributed by atoms with E-state index in [1.807, 2.05) is 12.1 Å². The standard InChI is InChI=1S/C90H107N17O12/c1-5-105(6-2)61-19-21-65-77(47-61)119-78-48-62(106(7-3)8-4)20-22-66(78)79(65)63-17-9-10-18-64(63)90(118)107-49-75(103-88(116)59-43-55-41-56(44-59)85(113)100-72-28-36-92-32-24-68(72)96-81(109)52-14-11-13-51(39-52)80(108)95-67-23-31-91-35-27-71(67)99-84(55)112)76(50-107)104-89(117)60-45-57-42-58(46-60)87(115)102-74-30-38-94-34-26-70(74)98-83(111)54-16-12-15-53(40-54)82(110)97-69-25-33-93-37-29-73(69)101-86(57)114/h9-19,21,39-47,67-76,78,91-94H,5-8,20,22-38,48-50H2,1-4H3,(H9-,95,96,97,98,99,100,101,102,103,104,108,109,110,111,112,113,114,115,116,117)/p+1/t67-,68-,69-,70-,71-,72-,73-,74-,75+,76+,78?/m0/s1. The van der Waals surface area contributed by atoms with Gasteiger partial charge in [-0.2, -0.15) is 0 Å². The van der Waals surface area contributed by atoms with E-state index in [2.05, 4.69) is 130 Å². The minimum Gasteiger partial charge on any atom is -0.485 e. The van der Waals surface area contributed by atoms with Crippen molar-refractivity contribution in [2.45, 2.75) is 165 Å². The van der Waals surface area contributed by atoms with Crippen molar-refractivity contribution >= 4 is 82.0 Å². The molecule has 6 fully saturated rings. The summed E-state index contributed by atoms with van der Waals surface area (Å²) in [5.41, 5.74) is 6.54. The van der Waals surface area contributed by atoms with Gasteiger partial charge in [0, 0.05) is 111 Å². The van der Waals surface area contributed by atoms with Crippen LogP contribution in [0.3, 0.4) is 0 Å². The van der Waals surface area contributed by atoms with Crippen molar-refractivity contribution in [2.24, 2.45) is 0 Å². The first-order chi connectivity index (χ1) is 57.8. The van der Waals surface area contributed by atoms with Crippen LogP contribution in [0.25, 0.3) is 5.57 Å². The average Bonchev–Trinajstić information content (AvgIpc) is 1.28. The molecule has 8 aliphatic heterocycles. The SMILES string of the molecule is CCN(CC)c1ccc2c(c1)OC1CC(=[N+](CC)CC)CCC1=C2c1ccccc1C(=O)N1C[C@@H](NC(=O)c2cc3cc(c2)C(=O)N[C@H]2CCNCC[C@@H]2NC(=O)c2cccc(c2)C(=O)N[C@H]2CCNCC[C@@H]2NC3=O)[C@H](NC(=O)c2cc3cc(c2)C(=O)N[C@H]2CCNCC[C@@H]2NC(=O)c2cccc(c2)C(=O)N[C@H]2CCNCC[C@@H]2NC3=O)C1. The molecule has 8 bridgehead atoms. The largest absolute Gasteiger partial charge is 0.485 e. The van der Waals surface area contributed by atoms with Gasteiger partial charge in [-0.1, -0.05) is 30.3 Å². The van der Waals surface area contributed by atoms with Gasteiger partial charge in [0.2, 0.25) is 0 Å². The number of carbonyl (C=O) groups excluding carboxylic acids is 11. The quantitative estimate of drug-likeness (QED) is 0.0790. The fourth-order valence-corrected chi connectivity index (χ4v) is 18.5. The summed E-state index contributed by atoms with van der Waals surface area (Å²) in [6.45, 7) is 15.3. The maximum Gasteiger partial charge on any atom is 0.254 e. The minimum atomic E-state index is -1.13. The van der Waals surface area contributed by atoms with Crippen LogP contribution in [0.5, 0.6) is 5.75 Å². The summed E-state index contributed by atoms with van der Waals surface area (Å²) >= 11 is 0. The molecule has 8 heterocycles. The van der Waals surface area contributed by atoms with Gasteiger partial charge in [0.05, 0.1) is 66.8 Å². The van der Waals surface area contributed by atoms with Crippen molar-refractivity contribution in [3.63, 3.8) is 0 Å². The third kappa shape index (κ3) is 18.6. The van der Waals surface area contributed by atoms with Crippen LogP contribution in [0.1, 0.15) is 223 Å². The lowest BCUT2D eigenvalue weighted by Crippen LogP contribution is -2.52. The zero-order chi connectivity index (χ0) is 83.0. The Morgan fingerprint density at radius 3 is 1.13 bits per heavy atom. The predicted octanol–water partition coefficient (Wildman–Crippen LogP) is 4.57. The van der Waals surface area contributed by atoms with Gasteiger partial charge in [-0.25, -0.2) is 4.58 Å². The maximum absolute atomic E-state index is 16.2. The van der Waals surface area contributed by atoms with Crippen LogP contribution >= 0.6 is 0 Å². The minimum absolute atomic E-state index is 0.0624. The molecule has 29 nitrogen and oxygen atoms in total. The van der Waals surface area contributed by atoms with Gasteiger partial charge in [-0.05, 0) is 246 Å².